The number of nitrogens with zero attached hydrogens (tertiary/aromatic N) is 3. The summed E-state index contributed by atoms with van der Waals surface area (Å²) in [5.41, 5.74) is 2.41. The van der Waals surface area contributed by atoms with Crippen molar-refractivity contribution >= 4 is 28.4 Å². The highest BCUT2D eigenvalue weighted by atomic mass is 16.5. The largest absolute Gasteiger partial charge is 0.378 e. The van der Waals surface area contributed by atoms with Crippen LogP contribution in [0.4, 0.5) is 16.4 Å². The number of amides is 2. The third-order valence-electron chi connectivity index (χ3n) is 4.63. The molecular weight excluding hydrogens is 354 g/mol. The number of aryl methyl sites for hydroxylation is 1. The van der Waals surface area contributed by atoms with Gasteiger partial charge in [-0.3, -0.25) is 0 Å². The van der Waals surface area contributed by atoms with Crippen LogP contribution in [-0.2, 0) is 11.3 Å². The Morgan fingerprint density at radius 1 is 1.07 bits per heavy atom. The van der Waals surface area contributed by atoms with Crippen molar-refractivity contribution in [3.05, 3.63) is 59.9 Å². The smallest absolute Gasteiger partial charge is 0.319 e. The van der Waals surface area contributed by atoms with Crippen molar-refractivity contribution in [3.8, 4) is 0 Å². The van der Waals surface area contributed by atoms with E-state index in [2.05, 4.69) is 25.5 Å². The van der Waals surface area contributed by atoms with E-state index in [9.17, 15) is 4.79 Å². The van der Waals surface area contributed by atoms with Crippen molar-refractivity contribution in [1.29, 1.82) is 0 Å². The van der Waals surface area contributed by atoms with Gasteiger partial charge >= 0.3 is 6.03 Å². The van der Waals surface area contributed by atoms with Gasteiger partial charge in [0.05, 0.1) is 25.5 Å². The molecule has 0 aliphatic carbocycles. The van der Waals surface area contributed by atoms with Crippen molar-refractivity contribution in [3.63, 3.8) is 0 Å². The summed E-state index contributed by atoms with van der Waals surface area (Å²) >= 11 is 0. The van der Waals surface area contributed by atoms with Crippen LogP contribution in [0.3, 0.4) is 0 Å². The molecule has 7 nitrogen and oxygen atoms in total. The Balaban J connectivity index is 1.39. The number of carbonyl (C=O) groups is 1. The average molecular weight is 377 g/mol. The molecule has 0 saturated carbocycles. The van der Waals surface area contributed by atoms with Crippen LogP contribution in [0.25, 0.3) is 10.8 Å². The van der Waals surface area contributed by atoms with Crippen LogP contribution in [0.1, 0.15) is 11.4 Å². The summed E-state index contributed by atoms with van der Waals surface area (Å²) in [7, 11) is 0. The zero-order chi connectivity index (χ0) is 19.3. The number of rotatable bonds is 4. The molecule has 2 amide bonds. The van der Waals surface area contributed by atoms with Crippen LogP contribution in [0, 0.1) is 6.92 Å². The minimum Gasteiger partial charge on any atom is -0.378 e. The van der Waals surface area contributed by atoms with Gasteiger partial charge in [-0.15, -0.1) is 0 Å². The van der Waals surface area contributed by atoms with Gasteiger partial charge in [0.1, 0.15) is 0 Å². The molecule has 144 valence electrons. The van der Waals surface area contributed by atoms with Gasteiger partial charge in [0.15, 0.2) is 0 Å². The molecule has 1 aliphatic heterocycles. The second-order valence-corrected chi connectivity index (χ2v) is 6.77. The van der Waals surface area contributed by atoms with Crippen molar-refractivity contribution in [2.75, 3.05) is 36.5 Å². The molecule has 2 heterocycles. The lowest BCUT2D eigenvalue weighted by Gasteiger charge is -2.27. The number of hydrogen-bond acceptors (Lipinski definition) is 5. The zero-order valence-electron chi connectivity index (χ0n) is 15.8. The van der Waals surface area contributed by atoms with Gasteiger partial charge in [-0.25, -0.2) is 14.8 Å². The summed E-state index contributed by atoms with van der Waals surface area (Å²) in [4.78, 5) is 23.5. The van der Waals surface area contributed by atoms with Gasteiger partial charge in [0.2, 0.25) is 5.95 Å². The molecule has 28 heavy (non-hydrogen) atoms. The maximum Gasteiger partial charge on any atom is 0.319 e. The van der Waals surface area contributed by atoms with E-state index in [0.29, 0.717) is 25.7 Å². The van der Waals surface area contributed by atoms with Gasteiger partial charge in [0.25, 0.3) is 0 Å². The predicted molar refractivity (Wildman–Crippen MR) is 110 cm³/mol. The number of fused-ring (bicyclic) bond motifs is 1. The number of carbonyl (C=O) groups excluding carboxylic acids is 1. The maximum absolute atomic E-state index is 12.3. The van der Waals surface area contributed by atoms with E-state index in [0.717, 1.165) is 40.9 Å². The fourth-order valence-corrected chi connectivity index (χ4v) is 3.23. The summed E-state index contributed by atoms with van der Waals surface area (Å²) in [5, 5.41) is 7.97. The number of anilines is 2. The summed E-state index contributed by atoms with van der Waals surface area (Å²) in [5.74, 6) is 0.690. The Hall–Kier alpha value is -3.19. The molecule has 7 heteroatoms. The number of aromatic nitrogens is 2. The number of ether oxygens (including phenoxy) is 1. The average Bonchev–Trinajstić information content (AvgIpc) is 2.72. The van der Waals surface area contributed by atoms with Crippen LogP contribution < -0.4 is 15.5 Å². The van der Waals surface area contributed by atoms with E-state index in [1.165, 1.54) is 0 Å². The molecule has 1 saturated heterocycles. The Morgan fingerprint density at radius 3 is 2.68 bits per heavy atom. The van der Waals surface area contributed by atoms with Gasteiger partial charge in [-0.05, 0) is 35.9 Å². The third kappa shape index (κ3) is 4.37. The molecule has 0 unspecified atom stereocenters. The molecule has 0 bridgehead atoms. The molecule has 1 aliphatic rings. The molecule has 3 aromatic rings. The molecular formula is C21H23N5O2. The number of nitrogens with one attached hydrogen (secondary N) is 2. The fourth-order valence-electron chi connectivity index (χ4n) is 3.23. The van der Waals surface area contributed by atoms with E-state index < -0.39 is 0 Å². The van der Waals surface area contributed by atoms with Crippen LogP contribution >= 0.6 is 0 Å². The normalized spacial score (nSPS) is 14.1. The first kappa shape index (κ1) is 18.2. The molecule has 2 aromatic carbocycles. The molecule has 0 spiro atoms. The van der Waals surface area contributed by atoms with E-state index in [1.54, 1.807) is 0 Å². The highest BCUT2D eigenvalue weighted by molar-refractivity contribution is 5.93. The highest BCUT2D eigenvalue weighted by Gasteiger charge is 2.15. The lowest BCUT2D eigenvalue weighted by atomic mass is 10.1. The predicted octanol–water partition coefficient (Wildman–Crippen LogP) is 3.10. The van der Waals surface area contributed by atoms with Gasteiger partial charge in [-0.2, -0.15) is 0 Å². The summed E-state index contributed by atoms with van der Waals surface area (Å²) in [6, 6.07) is 15.5. The minimum absolute atomic E-state index is 0.264. The summed E-state index contributed by atoms with van der Waals surface area (Å²) in [6.45, 7) is 5.18. The Kier molecular flexibility index (Phi) is 5.34. The standard InChI is InChI=1S/C21H23N5O2/c1-15-12-19(24-20(23-15)26-8-10-28-11-9-26)14-22-21(27)25-18-7-6-16-4-2-3-5-17(16)13-18/h2-7,12-13H,8-11,14H2,1H3,(H2,22,25,27). The molecule has 2 N–H and O–H groups in total. The number of benzene rings is 2. The monoisotopic (exact) mass is 377 g/mol. The third-order valence-corrected chi connectivity index (χ3v) is 4.63. The van der Waals surface area contributed by atoms with Crippen LogP contribution in [0.5, 0.6) is 0 Å². The van der Waals surface area contributed by atoms with E-state index in [4.69, 9.17) is 4.74 Å². The molecule has 0 radical (unpaired) electrons. The van der Waals surface area contributed by atoms with Crippen LogP contribution in [-0.4, -0.2) is 42.3 Å². The number of urea groups is 1. The van der Waals surface area contributed by atoms with Gasteiger partial charge in [-0.1, -0.05) is 30.3 Å². The molecule has 0 atom stereocenters. The summed E-state index contributed by atoms with van der Waals surface area (Å²) in [6.07, 6.45) is 0. The first-order valence-electron chi connectivity index (χ1n) is 9.38. The Morgan fingerprint density at radius 2 is 1.86 bits per heavy atom. The summed E-state index contributed by atoms with van der Waals surface area (Å²) < 4.78 is 5.38. The number of morpholine rings is 1. The van der Waals surface area contributed by atoms with Gasteiger partial charge in [0, 0.05) is 24.5 Å². The van der Waals surface area contributed by atoms with Crippen molar-refractivity contribution in [1.82, 2.24) is 15.3 Å². The van der Waals surface area contributed by atoms with Crippen LogP contribution in [0.2, 0.25) is 0 Å². The molecule has 1 aromatic heterocycles. The topological polar surface area (TPSA) is 79.4 Å². The van der Waals surface area contributed by atoms with Crippen molar-refractivity contribution < 1.29 is 9.53 Å². The molecule has 1 fully saturated rings. The van der Waals surface area contributed by atoms with Crippen molar-refractivity contribution in [2.45, 2.75) is 13.5 Å². The Bertz CT molecular complexity index is 985. The SMILES string of the molecule is Cc1cc(CNC(=O)Nc2ccc3ccccc3c2)nc(N2CCOCC2)n1. The molecule has 4 rings (SSSR count). The second-order valence-electron chi connectivity index (χ2n) is 6.77. The zero-order valence-corrected chi connectivity index (χ0v) is 15.8. The minimum atomic E-state index is -0.264. The van der Waals surface area contributed by atoms with Crippen LogP contribution in [0.15, 0.2) is 48.5 Å². The van der Waals surface area contributed by atoms with E-state index in [-0.39, 0.29) is 6.03 Å². The quantitative estimate of drug-likeness (QED) is 0.730. The first-order chi connectivity index (χ1) is 13.7. The number of hydrogen-bond donors (Lipinski definition) is 2. The van der Waals surface area contributed by atoms with Gasteiger partial charge < -0.3 is 20.3 Å². The lowest BCUT2D eigenvalue weighted by Crippen LogP contribution is -2.37. The second kappa shape index (κ2) is 8.22. The first-order valence-corrected chi connectivity index (χ1v) is 9.38. The highest BCUT2D eigenvalue weighted by Crippen LogP contribution is 2.18. The van der Waals surface area contributed by atoms with Crippen molar-refractivity contribution in [2.24, 2.45) is 0 Å². The van der Waals surface area contributed by atoms with E-state index in [1.807, 2.05) is 55.5 Å². The van der Waals surface area contributed by atoms with E-state index >= 15 is 0 Å². The lowest BCUT2D eigenvalue weighted by molar-refractivity contribution is 0.122. The Labute approximate surface area is 163 Å². The fraction of sp³-hybridized carbons (Fsp3) is 0.286. The maximum atomic E-state index is 12.3.